The number of aryl methyl sites for hydroxylation is 1. The molecule has 2 aromatic rings. The van der Waals surface area contributed by atoms with Gasteiger partial charge in [-0.1, -0.05) is 35.9 Å². The summed E-state index contributed by atoms with van der Waals surface area (Å²) in [5.41, 5.74) is 3.39. The van der Waals surface area contributed by atoms with Crippen molar-refractivity contribution in [3.05, 3.63) is 46.7 Å². The predicted molar refractivity (Wildman–Crippen MR) is 69.2 cm³/mol. The van der Waals surface area contributed by atoms with Gasteiger partial charge in [0, 0.05) is 11.3 Å². The summed E-state index contributed by atoms with van der Waals surface area (Å²) >= 11 is 6.00. The molecule has 0 atom stereocenters. The lowest BCUT2D eigenvalue weighted by atomic mass is 10.0. The molecule has 1 fully saturated rings. The van der Waals surface area contributed by atoms with Crippen molar-refractivity contribution >= 4 is 11.6 Å². The van der Waals surface area contributed by atoms with E-state index in [0.29, 0.717) is 11.1 Å². The van der Waals surface area contributed by atoms with Crippen molar-refractivity contribution in [2.75, 3.05) is 0 Å². The Morgan fingerprint density at radius 3 is 2.65 bits per heavy atom. The first kappa shape index (κ1) is 10.7. The van der Waals surface area contributed by atoms with Gasteiger partial charge in [0.1, 0.15) is 5.15 Å². The van der Waals surface area contributed by atoms with E-state index in [1.807, 2.05) is 13.0 Å². The zero-order chi connectivity index (χ0) is 11.8. The third-order valence-electron chi connectivity index (χ3n) is 3.04. The van der Waals surface area contributed by atoms with E-state index in [4.69, 9.17) is 11.6 Å². The Balaban J connectivity index is 2.14. The number of benzene rings is 1. The molecule has 17 heavy (non-hydrogen) atoms. The minimum absolute atomic E-state index is 0.512. The highest BCUT2D eigenvalue weighted by Crippen LogP contribution is 2.43. The molecule has 86 valence electrons. The normalized spacial score (nSPS) is 14.9. The Bertz CT molecular complexity index is 542. The number of halogens is 1. The van der Waals surface area contributed by atoms with Crippen molar-refractivity contribution in [3.8, 4) is 11.4 Å². The van der Waals surface area contributed by atoms with E-state index in [0.717, 1.165) is 17.1 Å². The van der Waals surface area contributed by atoms with Crippen LogP contribution in [-0.4, -0.2) is 9.97 Å². The summed E-state index contributed by atoms with van der Waals surface area (Å²) in [5, 5.41) is 0.512. The minimum Gasteiger partial charge on any atom is -0.233 e. The Labute approximate surface area is 106 Å². The number of aromatic nitrogens is 2. The maximum Gasteiger partial charge on any atom is 0.161 e. The SMILES string of the molecule is Cc1cc(Cl)nc(-c2ccccc2C2CC2)n1. The Kier molecular flexibility index (Phi) is 2.60. The van der Waals surface area contributed by atoms with Gasteiger partial charge in [0.25, 0.3) is 0 Å². The van der Waals surface area contributed by atoms with Crippen LogP contribution in [0.15, 0.2) is 30.3 Å². The lowest BCUT2D eigenvalue weighted by Crippen LogP contribution is -1.95. The summed E-state index contributed by atoms with van der Waals surface area (Å²) in [6, 6.07) is 10.1. The van der Waals surface area contributed by atoms with E-state index < -0.39 is 0 Å². The molecule has 3 rings (SSSR count). The molecule has 1 aromatic heterocycles. The zero-order valence-corrected chi connectivity index (χ0v) is 10.4. The highest BCUT2D eigenvalue weighted by molar-refractivity contribution is 6.29. The van der Waals surface area contributed by atoms with Gasteiger partial charge < -0.3 is 0 Å². The van der Waals surface area contributed by atoms with Gasteiger partial charge in [0.15, 0.2) is 5.82 Å². The molecule has 0 spiro atoms. The molecule has 0 aliphatic heterocycles. The van der Waals surface area contributed by atoms with Gasteiger partial charge in [0.05, 0.1) is 0 Å². The maximum atomic E-state index is 6.00. The van der Waals surface area contributed by atoms with E-state index in [1.165, 1.54) is 18.4 Å². The van der Waals surface area contributed by atoms with Crippen LogP contribution in [0.2, 0.25) is 5.15 Å². The lowest BCUT2D eigenvalue weighted by Gasteiger charge is -2.08. The molecule has 1 heterocycles. The zero-order valence-electron chi connectivity index (χ0n) is 9.65. The summed E-state index contributed by atoms with van der Waals surface area (Å²) in [6.07, 6.45) is 2.55. The van der Waals surface area contributed by atoms with Gasteiger partial charge in [-0.3, -0.25) is 0 Å². The van der Waals surface area contributed by atoms with E-state index in [9.17, 15) is 0 Å². The van der Waals surface area contributed by atoms with Crippen molar-refractivity contribution in [2.45, 2.75) is 25.7 Å². The molecule has 1 saturated carbocycles. The highest BCUT2D eigenvalue weighted by Gasteiger charge is 2.26. The van der Waals surface area contributed by atoms with Gasteiger partial charge in [-0.05, 0) is 37.3 Å². The van der Waals surface area contributed by atoms with Crippen LogP contribution in [0.1, 0.15) is 30.0 Å². The molecule has 3 heteroatoms. The van der Waals surface area contributed by atoms with E-state index in [2.05, 4.69) is 28.2 Å². The first-order chi connectivity index (χ1) is 8.24. The second-order valence-corrected chi connectivity index (χ2v) is 4.90. The van der Waals surface area contributed by atoms with Crippen LogP contribution in [0.5, 0.6) is 0 Å². The van der Waals surface area contributed by atoms with Crippen molar-refractivity contribution in [3.63, 3.8) is 0 Å². The Hall–Kier alpha value is -1.41. The van der Waals surface area contributed by atoms with Gasteiger partial charge in [0.2, 0.25) is 0 Å². The number of rotatable bonds is 2. The van der Waals surface area contributed by atoms with Gasteiger partial charge in [-0.25, -0.2) is 9.97 Å². The fourth-order valence-electron chi connectivity index (χ4n) is 2.10. The van der Waals surface area contributed by atoms with Crippen LogP contribution in [0, 0.1) is 6.92 Å². The quantitative estimate of drug-likeness (QED) is 0.747. The summed E-state index contributed by atoms with van der Waals surface area (Å²) in [5.74, 6) is 1.44. The van der Waals surface area contributed by atoms with Crippen LogP contribution in [0.4, 0.5) is 0 Å². The fraction of sp³-hybridized carbons (Fsp3) is 0.286. The van der Waals surface area contributed by atoms with E-state index >= 15 is 0 Å². The second-order valence-electron chi connectivity index (χ2n) is 4.52. The third-order valence-corrected chi connectivity index (χ3v) is 3.24. The minimum atomic E-state index is 0.512. The Morgan fingerprint density at radius 2 is 1.94 bits per heavy atom. The van der Waals surface area contributed by atoms with Crippen LogP contribution in [0.25, 0.3) is 11.4 Å². The lowest BCUT2D eigenvalue weighted by molar-refractivity contribution is 1.08. The van der Waals surface area contributed by atoms with Crippen LogP contribution in [0.3, 0.4) is 0 Å². The Morgan fingerprint density at radius 1 is 1.18 bits per heavy atom. The molecule has 0 saturated heterocycles. The average Bonchev–Trinajstić information content (AvgIpc) is 3.11. The first-order valence-corrected chi connectivity index (χ1v) is 6.22. The molecule has 0 radical (unpaired) electrons. The van der Waals surface area contributed by atoms with Crippen molar-refractivity contribution in [2.24, 2.45) is 0 Å². The summed E-state index contributed by atoms with van der Waals surface area (Å²) in [7, 11) is 0. The monoisotopic (exact) mass is 244 g/mol. The second kappa shape index (κ2) is 4.11. The third kappa shape index (κ3) is 2.18. The molecular weight excluding hydrogens is 232 g/mol. The first-order valence-electron chi connectivity index (χ1n) is 5.84. The van der Waals surface area contributed by atoms with Crippen molar-refractivity contribution in [1.82, 2.24) is 9.97 Å². The van der Waals surface area contributed by atoms with Gasteiger partial charge in [-0.2, -0.15) is 0 Å². The molecule has 0 unspecified atom stereocenters. The predicted octanol–water partition coefficient (Wildman–Crippen LogP) is 3.98. The van der Waals surface area contributed by atoms with Crippen LogP contribution in [-0.2, 0) is 0 Å². The number of hydrogen-bond donors (Lipinski definition) is 0. The number of nitrogens with zero attached hydrogens (tertiary/aromatic N) is 2. The largest absolute Gasteiger partial charge is 0.233 e. The summed E-state index contributed by atoms with van der Waals surface area (Å²) in [6.45, 7) is 1.94. The van der Waals surface area contributed by atoms with E-state index in [1.54, 1.807) is 6.07 Å². The number of hydrogen-bond acceptors (Lipinski definition) is 2. The molecular formula is C14H13ClN2. The molecule has 0 bridgehead atoms. The van der Waals surface area contributed by atoms with Gasteiger partial charge >= 0.3 is 0 Å². The van der Waals surface area contributed by atoms with Gasteiger partial charge in [-0.15, -0.1) is 0 Å². The van der Waals surface area contributed by atoms with Crippen molar-refractivity contribution in [1.29, 1.82) is 0 Å². The maximum absolute atomic E-state index is 6.00. The van der Waals surface area contributed by atoms with Crippen molar-refractivity contribution < 1.29 is 0 Å². The molecule has 1 aliphatic rings. The molecule has 0 amide bonds. The highest BCUT2D eigenvalue weighted by atomic mass is 35.5. The van der Waals surface area contributed by atoms with E-state index in [-0.39, 0.29) is 0 Å². The standard InChI is InChI=1S/C14H13ClN2/c1-9-8-13(15)17-14(16-9)12-5-3-2-4-11(12)10-6-7-10/h2-5,8,10H,6-7H2,1H3. The van der Waals surface area contributed by atoms with Crippen LogP contribution < -0.4 is 0 Å². The molecule has 1 aromatic carbocycles. The summed E-state index contributed by atoms with van der Waals surface area (Å²) in [4.78, 5) is 8.81. The van der Waals surface area contributed by atoms with Crippen LogP contribution >= 0.6 is 11.6 Å². The fourth-order valence-corrected chi connectivity index (χ4v) is 2.34. The topological polar surface area (TPSA) is 25.8 Å². The smallest absolute Gasteiger partial charge is 0.161 e. The molecule has 2 nitrogen and oxygen atoms in total. The molecule has 0 N–H and O–H groups in total. The molecule has 1 aliphatic carbocycles. The average molecular weight is 245 g/mol. The summed E-state index contributed by atoms with van der Waals surface area (Å²) < 4.78 is 0.